The Bertz CT molecular complexity index is 736. The summed E-state index contributed by atoms with van der Waals surface area (Å²) in [5, 5.41) is 9.79. The maximum absolute atomic E-state index is 11.7. The number of aliphatic hydroxyl groups excluding tert-OH is 1. The number of ether oxygens (including phenoxy) is 1. The van der Waals surface area contributed by atoms with E-state index < -0.39 is 44.1 Å². The molecule has 3 rings (SSSR count). The minimum atomic E-state index is -4.67. The highest BCUT2D eigenvalue weighted by Crippen LogP contribution is 2.38. The van der Waals surface area contributed by atoms with Gasteiger partial charge in [-0.05, 0) is 6.92 Å². The van der Waals surface area contributed by atoms with Crippen LogP contribution < -0.4 is 11.2 Å². The van der Waals surface area contributed by atoms with Crippen molar-refractivity contribution in [3.05, 3.63) is 32.6 Å². The zero-order chi connectivity index (χ0) is 20.6. The first-order valence-corrected chi connectivity index (χ1v) is 10.5. The standard InChI is InChI=1S/C10H15N2O8P.C3H6.C3H8/c1-5-3-12(10(15)11-9(5)14)8-2-6(13)7(20-8)4-19-21(16,17)18;1-2-3-1;1-3-2/h3,6-8,13H,2,4H2,1H3,(H,11,14,15)(H2,16,17,18);1-3H2;3H2,1-2H3/t6-,7+,8+;;/m0../s1. The fourth-order valence-electron chi connectivity index (χ4n) is 2.01. The van der Waals surface area contributed by atoms with E-state index >= 15 is 0 Å². The number of rotatable bonds is 4. The van der Waals surface area contributed by atoms with Gasteiger partial charge in [-0.3, -0.25) is 18.9 Å². The second-order valence-corrected chi connectivity index (χ2v) is 7.70. The molecule has 0 amide bonds. The van der Waals surface area contributed by atoms with Crippen LogP contribution in [0.15, 0.2) is 15.8 Å². The number of aliphatic hydroxyl groups is 1. The van der Waals surface area contributed by atoms with Crippen molar-refractivity contribution in [1.82, 2.24) is 9.55 Å². The Hall–Kier alpha value is -1.29. The summed E-state index contributed by atoms with van der Waals surface area (Å²) in [7, 11) is -4.67. The first kappa shape index (κ1) is 23.7. The van der Waals surface area contributed by atoms with Crippen molar-refractivity contribution >= 4 is 7.82 Å². The van der Waals surface area contributed by atoms with Crippen LogP contribution in [0.2, 0.25) is 0 Å². The summed E-state index contributed by atoms with van der Waals surface area (Å²) in [6.07, 6.45) is 4.18. The molecule has 156 valence electrons. The summed E-state index contributed by atoms with van der Waals surface area (Å²) in [6.45, 7) is 5.24. The van der Waals surface area contributed by atoms with E-state index in [9.17, 15) is 19.3 Å². The van der Waals surface area contributed by atoms with Crippen molar-refractivity contribution in [2.24, 2.45) is 0 Å². The van der Waals surface area contributed by atoms with Gasteiger partial charge in [-0.2, -0.15) is 0 Å². The molecule has 11 heteroatoms. The molecular weight excluding hydrogens is 379 g/mol. The average Bonchev–Trinajstić information content (AvgIpc) is 3.39. The number of hydrogen-bond acceptors (Lipinski definition) is 6. The molecule has 2 heterocycles. The quantitative estimate of drug-likeness (QED) is 0.542. The van der Waals surface area contributed by atoms with Crippen molar-refractivity contribution in [3.63, 3.8) is 0 Å². The van der Waals surface area contributed by atoms with Gasteiger partial charge in [0.25, 0.3) is 5.56 Å². The first-order chi connectivity index (χ1) is 12.6. The molecule has 10 nitrogen and oxygen atoms in total. The summed E-state index contributed by atoms with van der Waals surface area (Å²) < 4.78 is 21.4. The lowest BCUT2D eigenvalue weighted by atomic mass is 10.2. The summed E-state index contributed by atoms with van der Waals surface area (Å²) >= 11 is 0. The molecule has 1 aromatic heterocycles. The van der Waals surface area contributed by atoms with E-state index in [1.54, 1.807) is 0 Å². The number of nitrogens with one attached hydrogen (secondary N) is 1. The maximum atomic E-state index is 11.7. The third-order valence-electron chi connectivity index (χ3n) is 3.42. The molecule has 1 saturated heterocycles. The number of aryl methyl sites for hydroxylation is 1. The largest absolute Gasteiger partial charge is 0.469 e. The molecule has 0 unspecified atom stereocenters. The predicted octanol–water partition coefficient (Wildman–Crippen LogP) is 1.19. The zero-order valence-corrected chi connectivity index (χ0v) is 16.7. The molecule has 2 aliphatic rings. The highest BCUT2D eigenvalue weighted by molar-refractivity contribution is 7.46. The lowest BCUT2D eigenvalue weighted by molar-refractivity contribution is -0.0451. The normalized spacial score (nSPS) is 23.7. The monoisotopic (exact) mass is 408 g/mol. The minimum absolute atomic E-state index is 0.0283. The molecule has 0 aromatic carbocycles. The molecule has 27 heavy (non-hydrogen) atoms. The van der Waals surface area contributed by atoms with Crippen LogP contribution in [0, 0.1) is 6.92 Å². The Kier molecular flexibility index (Phi) is 9.58. The van der Waals surface area contributed by atoms with Crippen molar-refractivity contribution < 1.29 is 28.7 Å². The topological polar surface area (TPSA) is 151 Å². The van der Waals surface area contributed by atoms with Gasteiger partial charge in [-0.1, -0.05) is 39.5 Å². The van der Waals surface area contributed by atoms with Crippen LogP contribution in [0.3, 0.4) is 0 Å². The number of phosphoric acid groups is 1. The van der Waals surface area contributed by atoms with Gasteiger partial charge in [0.1, 0.15) is 12.3 Å². The first-order valence-electron chi connectivity index (χ1n) is 8.94. The van der Waals surface area contributed by atoms with Crippen molar-refractivity contribution in [3.8, 4) is 0 Å². The molecule has 0 bridgehead atoms. The molecule has 4 N–H and O–H groups in total. The predicted molar refractivity (Wildman–Crippen MR) is 98.4 cm³/mol. The van der Waals surface area contributed by atoms with Gasteiger partial charge in [0.05, 0.1) is 12.7 Å². The Balaban J connectivity index is 0.000000523. The van der Waals surface area contributed by atoms with E-state index in [0.29, 0.717) is 5.56 Å². The van der Waals surface area contributed by atoms with Gasteiger partial charge in [-0.25, -0.2) is 9.36 Å². The Morgan fingerprint density at radius 2 is 1.85 bits per heavy atom. The molecule has 0 radical (unpaired) electrons. The Morgan fingerprint density at radius 1 is 1.30 bits per heavy atom. The molecular formula is C16H29N2O8P. The lowest BCUT2D eigenvalue weighted by Gasteiger charge is -2.16. The molecule has 1 saturated carbocycles. The van der Waals surface area contributed by atoms with Gasteiger partial charge in [0, 0.05) is 18.2 Å². The average molecular weight is 408 g/mol. The molecule has 1 aromatic rings. The fourth-order valence-corrected chi connectivity index (χ4v) is 2.35. The smallest absolute Gasteiger partial charge is 0.390 e. The van der Waals surface area contributed by atoms with Gasteiger partial charge < -0.3 is 19.6 Å². The lowest BCUT2D eigenvalue weighted by Crippen LogP contribution is -2.33. The SMILES string of the molecule is C1CC1.CCC.Cc1cn([C@H]2C[C@H](O)[C@@H](COP(=O)(O)O)O2)c(=O)[nH]c1=O. The zero-order valence-electron chi connectivity index (χ0n) is 15.8. The van der Waals surface area contributed by atoms with Gasteiger partial charge in [-0.15, -0.1) is 0 Å². The number of aromatic amines is 1. The van der Waals surface area contributed by atoms with Gasteiger partial charge in [0.15, 0.2) is 0 Å². The van der Waals surface area contributed by atoms with E-state index in [2.05, 4.69) is 23.4 Å². The number of phosphoric ester groups is 1. The highest BCUT2D eigenvalue weighted by atomic mass is 31.2. The summed E-state index contributed by atoms with van der Waals surface area (Å²) in [5.41, 5.74) is -0.918. The van der Waals surface area contributed by atoms with Gasteiger partial charge >= 0.3 is 13.5 Å². The van der Waals surface area contributed by atoms with E-state index in [-0.39, 0.29) is 6.42 Å². The van der Waals surface area contributed by atoms with Crippen molar-refractivity contribution in [2.45, 2.75) is 71.3 Å². The second-order valence-electron chi connectivity index (χ2n) is 6.47. The number of hydrogen-bond donors (Lipinski definition) is 4. The third kappa shape index (κ3) is 8.96. The van der Waals surface area contributed by atoms with E-state index in [4.69, 9.17) is 14.5 Å². The Morgan fingerprint density at radius 3 is 2.33 bits per heavy atom. The minimum Gasteiger partial charge on any atom is -0.390 e. The van der Waals surface area contributed by atoms with Crippen LogP contribution in [0.4, 0.5) is 0 Å². The number of aromatic nitrogens is 2. The molecule has 0 spiro atoms. The van der Waals surface area contributed by atoms with Gasteiger partial charge in [0.2, 0.25) is 0 Å². The highest BCUT2D eigenvalue weighted by Gasteiger charge is 2.37. The van der Waals surface area contributed by atoms with E-state index in [1.165, 1.54) is 38.8 Å². The fraction of sp³-hybridized carbons (Fsp3) is 0.750. The van der Waals surface area contributed by atoms with Crippen LogP contribution in [0.5, 0.6) is 0 Å². The number of nitrogens with zero attached hydrogens (tertiary/aromatic N) is 1. The molecule has 1 aliphatic carbocycles. The number of H-pyrrole nitrogens is 1. The summed E-state index contributed by atoms with van der Waals surface area (Å²) in [5.74, 6) is 0. The second kappa shape index (κ2) is 10.9. The summed E-state index contributed by atoms with van der Waals surface area (Å²) in [6, 6.07) is 0. The van der Waals surface area contributed by atoms with E-state index in [0.717, 1.165) is 4.57 Å². The molecule has 1 aliphatic heterocycles. The van der Waals surface area contributed by atoms with Crippen LogP contribution >= 0.6 is 7.82 Å². The third-order valence-corrected chi connectivity index (χ3v) is 3.91. The molecule has 2 fully saturated rings. The van der Waals surface area contributed by atoms with Crippen LogP contribution in [-0.2, 0) is 13.8 Å². The molecule has 3 atom stereocenters. The van der Waals surface area contributed by atoms with Crippen molar-refractivity contribution in [1.29, 1.82) is 0 Å². The maximum Gasteiger partial charge on any atom is 0.469 e. The van der Waals surface area contributed by atoms with Crippen LogP contribution in [0.25, 0.3) is 0 Å². The Labute approximate surface area is 157 Å². The summed E-state index contributed by atoms with van der Waals surface area (Å²) in [4.78, 5) is 42.3. The van der Waals surface area contributed by atoms with Crippen LogP contribution in [-0.4, -0.2) is 43.3 Å². The van der Waals surface area contributed by atoms with Crippen LogP contribution in [0.1, 0.15) is 57.7 Å². The van der Waals surface area contributed by atoms with Crippen molar-refractivity contribution in [2.75, 3.05) is 6.61 Å². The van der Waals surface area contributed by atoms with E-state index in [1.807, 2.05) is 0 Å².